The number of hydrogen-bond acceptors (Lipinski definition) is 6. The topological polar surface area (TPSA) is 49.3 Å². The molecule has 0 saturated carbocycles. The average Bonchev–Trinajstić information content (AvgIpc) is 3.43. The Morgan fingerprint density at radius 2 is 1.91 bits per heavy atom. The van der Waals surface area contributed by atoms with Crippen molar-refractivity contribution in [2.24, 2.45) is 0 Å². The molecule has 2 aromatic carbocycles. The molecule has 5 rings (SSSR count). The van der Waals surface area contributed by atoms with Crippen molar-refractivity contribution >= 4 is 49.6 Å². The number of amides is 1. The first kappa shape index (κ1) is 23.1. The number of benzene rings is 2. The van der Waals surface area contributed by atoms with Gasteiger partial charge in [0.1, 0.15) is 0 Å². The Balaban J connectivity index is 1.33. The lowest BCUT2D eigenvalue weighted by atomic mass is 9.98. The highest BCUT2D eigenvalue weighted by Gasteiger charge is 2.26. The van der Waals surface area contributed by atoms with E-state index in [9.17, 15) is 4.79 Å². The number of thiazole rings is 2. The number of anilines is 2. The van der Waals surface area contributed by atoms with E-state index in [1.807, 2.05) is 11.3 Å². The van der Waals surface area contributed by atoms with Crippen molar-refractivity contribution in [2.45, 2.75) is 53.0 Å². The van der Waals surface area contributed by atoms with E-state index in [0.29, 0.717) is 5.92 Å². The third-order valence-electron chi connectivity index (χ3n) is 6.46. The summed E-state index contributed by atoms with van der Waals surface area (Å²) in [5.41, 5.74) is 6.48. The van der Waals surface area contributed by atoms with Crippen molar-refractivity contribution in [1.29, 1.82) is 0 Å². The molecule has 0 spiro atoms. The molecule has 1 atom stereocenters. The molecule has 0 unspecified atom stereocenters. The summed E-state index contributed by atoms with van der Waals surface area (Å²) in [4.78, 5) is 26.8. The van der Waals surface area contributed by atoms with E-state index in [1.165, 1.54) is 28.1 Å². The van der Waals surface area contributed by atoms with Gasteiger partial charge in [0.15, 0.2) is 5.13 Å². The van der Waals surface area contributed by atoms with Crippen molar-refractivity contribution in [3.05, 3.63) is 69.2 Å². The number of hydrogen-bond donors (Lipinski definition) is 0. The van der Waals surface area contributed by atoms with Gasteiger partial charge in [-0.05, 0) is 63.4 Å². The maximum absolute atomic E-state index is 12.7. The molecule has 2 aromatic heterocycles. The zero-order valence-electron chi connectivity index (χ0n) is 20.2. The first-order valence-corrected chi connectivity index (χ1v) is 13.5. The van der Waals surface area contributed by atoms with Crippen molar-refractivity contribution in [3.63, 3.8) is 0 Å². The normalized spacial score (nSPS) is 16.8. The van der Waals surface area contributed by atoms with E-state index >= 15 is 0 Å². The molecular formula is C27H30N4OS2. The van der Waals surface area contributed by atoms with E-state index in [2.05, 4.69) is 67.4 Å². The Hall–Kier alpha value is -2.61. The lowest BCUT2D eigenvalue weighted by Gasteiger charge is -2.31. The van der Waals surface area contributed by atoms with Gasteiger partial charge in [-0.3, -0.25) is 14.6 Å². The fraction of sp³-hybridized carbons (Fsp3) is 0.370. The molecule has 3 heterocycles. The molecule has 34 heavy (non-hydrogen) atoms. The summed E-state index contributed by atoms with van der Waals surface area (Å²) in [6.45, 7) is 10.7. The minimum Gasteiger partial charge on any atom is -0.297 e. The van der Waals surface area contributed by atoms with Gasteiger partial charge in [0.05, 0.1) is 26.6 Å². The molecule has 0 aliphatic carbocycles. The zero-order chi connectivity index (χ0) is 23.8. The van der Waals surface area contributed by atoms with Gasteiger partial charge in [-0.1, -0.05) is 29.8 Å². The number of aryl methyl sites for hydroxylation is 3. The van der Waals surface area contributed by atoms with Crippen molar-refractivity contribution in [2.75, 3.05) is 18.0 Å². The largest absolute Gasteiger partial charge is 0.297 e. The highest BCUT2D eigenvalue weighted by atomic mass is 32.1. The number of aromatic nitrogens is 2. The second-order valence-electron chi connectivity index (χ2n) is 9.32. The number of likely N-dealkylation sites (tertiary alicyclic amines) is 1. The monoisotopic (exact) mass is 490 g/mol. The zero-order valence-corrected chi connectivity index (χ0v) is 21.8. The van der Waals surface area contributed by atoms with Crippen LogP contribution in [-0.2, 0) is 11.3 Å². The van der Waals surface area contributed by atoms with Gasteiger partial charge in [-0.15, -0.1) is 22.7 Å². The molecule has 1 aliphatic rings. The maximum atomic E-state index is 12.7. The van der Waals surface area contributed by atoms with Gasteiger partial charge in [0.2, 0.25) is 5.91 Å². The first-order valence-electron chi connectivity index (χ1n) is 11.8. The van der Waals surface area contributed by atoms with Gasteiger partial charge >= 0.3 is 0 Å². The molecule has 4 aromatic rings. The highest BCUT2D eigenvalue weighted by molar-refractivity contribution is 7.18. The smallest absolute Gasteiger partial charge is 0.230 e. The van der Waals surface area contributed by atoms with E-state index < -0.39 is 0 Å². The lowest BCUT2D eigenvalue weighted by Crippen LogP contribution is -2.34. The summed E-state index contributed by atoms with van der Waals surface area (Å²) in [5.74, 6) is 0.459. The van der Waals surface area contributed by atoms with E-state index in [-0.39, 0.29) is 5.91 Å². The van der Waals surface area contributed by atoms with Crippen LogP contribution in [0.2, 0.25) is 0 Å². The fourth-order valence-electron chi connectivity index (χ4n) is 5.08. The molecule has 5 nitrogen and oxygen atoms in total. The minimum atomic E-state index is -0.00942. The third kappa shape index (κ3) is 4.65. The first-order chi connectivity index (χ1) is 16.4. The second kappa shape index (κ2) is 9.56. The average molecular weight is 491 g/mol. The van der Waals surface area contributed by atoms with Crippen LogP contribution in [0.5, 0.6) is 0 Å². The molecule has 0 bridgehead atoms. The van der Waals surface area contributed by atoms with Crippen LogP contribution in [0.3, 0.4) is 0 Å². The predicted octanol–water partition coefficient (Wildman–Crippen LogP) is 6.74. The number of nitrogens with zero attached hydrogens (tertiary/aromatic N) is 4. The van der Waals surface area contributed by atoms with Crippen LogP contribution in [0.25, 0.3) is 10.2 Å². The number of carbonyl (C=O) groups excluding carboxylic acids is 1. The molecule has 0 radical (unpaired) electrons. The minimum absolute atomic E-state index is 0.00942. The van der Waals surface area contributed by atoms with Crippen LogP contribution in [0.1, 0.15) is 53.1 Å². The third-order valence-corrected chi connectivity index (χ3v) is 8.53. The maximum Gasteiger partial charge on any atom is 0.230 e. The van der Waals surface area contributed by atoms with Gasteiger partial charge in [-0.25, -0.2) is 9.97 Å². The molecule has 176 valence electrons. The summed E-state index contributed by atoms with van der Waals surface area (Å²) in [5, 5.41) is 4.10. The summed E-state index contributed by atoms with van der Waals surface area (Å²) in [7, 11) is 0. The van der Waals surface area contributed by atoms with Crippen LogP contribution in [0.15, 0.2) is 41.8 Å². The van der Waals surface area contributed by atoms with Crippen LogP contribution in [-0.4, -0.2) is 33.9 Å². The Kier molecular flexibility index (Phi) is 6.51. The fourth-order valence-corrected chi connectivity index (χ4v) is 7.04. The standard InChI is InChI=1S/C27H30N4OS2/c1-17-12-18(2)25(19(3)13-17)31(20(4)32)27-28-22(16-33-27)15-30-11-7-8-21(14-30)26-29-23-9-5-6-10-24(23)34-26/h5-6,9-10,12-13,16,21H,7-8,11,14-15H2,1-4H3/t21-/m1/s1. The Bertz CT molecular complexity index is 1290. The van der Waals surface area contributed by atoms with Crippen LogP contribution >= 0.6 is 22.7 Å². The van der Waals surface area contributed by atoms with E-state index in [0.717, 1.165) is 52.8 Å². The molecule has 1 saturated heterocycles. The summed E-state index contributed by atoms with van der Waals surface area (Å²) in [6, 6.07) is 12.7. The van der Waals surface area contributed by atoms with Crippen molar-refractivity contribution in [1.82, 2.24) is 14.9 Å². The molecule has 1 fully saturated rings. The lowest BCUT2D eigenvalue weighted by molar-refractivity contribution is -0.115. The molecule has 1 amide bonds. The number of rotatable bonds is 5. The summed E-state index contributed by atoms with van der Waals surface area (Å²) >= 11 is 3.38. The number of para-hydroxylation sites is 1. The van der Waals surface area contributed by atoms with Crippen molar-refractivity contribution < 1.29 is 4.79 Å². The number of fused-ring (bicyclic) bond motifs is 1. The van der Waals surface area contributed by atoms with Gasteiger partial charge in [0, 0.05) is 31.3 Å². The Morgan fingerprint density at radius 3 is 2.65 bits per heavy atom. The van der Waals surface area contributed by atoms with Crippen LogP contribution in [0.4, 0.5) is 10.8 Å². The Morgan fingerprint density at radius 1 is 1.15 bits per heavy atom. The number of carbonyl (C=O) groups is 1. The summed E-state index contributed by atoms with van der Waals surface area (Å²) < 4.78 is 1.27. The summed E-state index contributed by atoms with van der Waals surface area (Å²) in [6.07, 6.45) is 2.35. The predicted molar refractivity (Wildman–Crippen MR) is 142 cm³/mol. The quantitative estimate of drug-likeness (QED) is 0.311. The van der Waals surface area contributed by atoms with Gasteiger partial charge in [0.25, 0.3) is 0 Å². The Labute approximate surface area is 209 Å². The number of piperidine rings is 1. The van der Waals surface area contributed by atoms with Gasteiger partial charge < -0.3 is 0 Å². The van der Waals surface area contributed by atoms with Crippen LogP contribution in [0, 0.1) is 20.8 Å². The highest BCUT2D eigenvalue weighted by Crippen LogP contribution is 2.36. The molecular weight excluding hydrogens is 460 g/mol. The second-order valence-corrected chi connectivity index (χ2v) is 11.2. The van der Waals surface area contributed by atoms with E-state index in [1.54, 1.807) is 23.2 Å². The molecule has 1 aliphatic heterocycles. The van der Waals surface area contributed by atoms with Gasteiger partial charge in [-0.2, -0.15) is 0 Å². The molecule has 0 N–H and O–H groups in total. The SMILES string of the molecule is CC(=O)N(c1nc(CN2CCC[C@@H](c3nc4ccccc4s3)C2)cs1)c1c(C)cc(C)cc1C. The van der Waals surface area contributed by atoms with Crippen molar-refractivity contribution in [3.8, 4) is 0 Å². The van der Waals surface area contributed by atoms with E-state index in [4.69, 9.17) is 9.97 Å². The molecule has 7 heteroatoms. The van der Waals surface area contributed by atoms with Crippen LogP contribution < -0.4 is 4.90 Å².